The average Bonchev–Trinajstić information content (AvgIpc) is 1.82. The van der Waals surface area contributed by atoms with E-state index < -0.39 is 12.9 Å². The Balaban J connectivity index is 4.05. The smallest absolute Gasteiger partial charge is 0.356 e. The maximum atomic E-state index is 10.7. The van der Waals surface area contributed by atoms with E-state index in [2.05, 4.69) is 5.32 Å². The van der Waals surface area contributed by atoms with Crippen LogP contribution in [-0.2, 0) is 9.36 Å². The molecule has 0 bridgehead atoms. The quantitative estimate of drug-likeness (QED) is 0.464. The van der Waals surface area contributed by atoms with Crippen LogP contribution in [0.4, 0.5) is 0 Å². The molecule has 7 heteroatoms. The minimum absolute atomic E-state index is 0.0352. The molecule has 1 atom stereocenters. The summed E-state index contributed by atoms with van der Waals surface area (Å²) >= 11 is 0. The van der Waals surface area contributed by atoms with E-state index in [4.69, 9.17) is 9.79 Å². The van der Waals surface area contributed by atoms with E-state index in [9.17, 15) is 14.5 Å². The van der Waals surface area contributed by atoms with Crippen molar-refractivity contribution in [2.24, 2.45) is 0 Å². The van der Waals surface area contributed by atoms with Crippen molar-refractivity contribution in [2.45, 2.75) is 25.6 Å². The van der Waals surface area contributed by atoms with Crippen molar-refractivity contribution >= 4 is 13.5 Å². The van der Waals surface area contributed by atoms with Gasteiger partial charge in [0, 0.05) is 19.9 Å². The fourth-order valence-electron chi connectivity index (χ4n) is 0.621. The van der Waals surface area contributed by atoms with Gasteiger partial charge in [-0.3, -0.25) is 9.36 Å². The highest BCUT2D eigenvalue weighted by Crippen LogP contribution is 2.50. The van der Waals surface area contributed by atoms with Crippen molar-refractivity contribution in [3.63, 3.8) is 0 Å². The predicted octanol–water partition coefficient (Wildman–Crippen LogP) is -0.601. The lowest BCUT2D eigenvalue weighted by Crippen LogP contribution is -2.31. The number of nitrogens with one attached hydrogen (secondary N) is 1. The zero-order chi connectivity index (χ0) is 10.7. The lowest BCUT2D eigenvalue weighted by molar-refractivity contribution is -0.119. The monoisotopic (exact) mass is 211 g/mol. The van der Waals surface area contributed by atoms with Crippen molar-refractivity contribution in [3.8, 4) is 0 Å². The third-order valence-corrected chi connectivity index (χ3v) is 3.08. The molecule has 13 heavy (non-hydrogen) atoms. The number of hydrogen-bond acceptors (Lipinski definition) is 3. The lowest BCUT2D eigenvalue weighted by Gasteiger charge is -2.23. The minimum atomic E-state index is -4.52. The first kappa shape index (κ1) is 12.6. The molecule has 0 fully saturated rings. The van der Waals surface area contributed by atoms with Crippen LogP contribution in [0.3, 0.4) is 0 Å². The number of aliphatic hydroxyl groups is 1. The van der Waals surface area contributed by atoms with Gasteiger partial charge in [-0.25, -0.2) is 0 Å². The Morgan fingerprint density at radius 2 is 2.00 bits per heavy atom. The first-order valence-corrected chi connectivity index (χ1v) is 5.30. The summed E-state index contributed by atoms with van der Waals surface area (Å²) in [6.45, 7) is 2.36. The molecule has 1 amide bonds. The summed E-state index contributed by atoms with van der Waals surface area (Å²) in [7, 11) is -4.52. The third kappa shape index (κ3) is 4.38. The fraction of sp³-hybridized carbons (Fsp3) is 0.833. The summed E-state index contributed by atoms with van der Waals surface area (Å²) < 4.78 is 10.7. The van der Waals surface area contributed by atoms with Crippen LogP contribution in [0.15, 0.2) is 0 Å². The molecule has 0 aliphatic heterocycles. The average molecular weight is 211 g/mol. The predicted molar refractivity (Wildman–Crippen MR) is 46.0 cm³/mol. The van der Waals surface area contributed by atoms with Crippen LogP contribution < -0.4 is 5.32 Å². The van der Waals surface area contributed by atoms with Gasteiger partial charge in [0.1, 0.15) is 0 Å². The van der Waals surface area contributed by atoms with E-state index in [0.29, 0.717) is 0 Å². The summed E-state index contributed by atoms with van der Waals surface area (Å²) in [6.07, 6.45) is -0.184. The molecule has 0 radical (unpaired) electrons. The molecule has 0 saturated heterocycles. The summed E-state index contributed by atoms with van der Waals surface area (Å²) in [5.74, 6) is -0.304. The highest BCUT2D eigenvalue weighted by Gasteiger charge is 2.39. The van der Waals surface area contributed by atoms with E-state index >= 15 is 0 Å². The van der Waals surface area contributed by atoms with E-state index in [1.807, 2.05) is 0 Å². The van der Waals surface area contributed by atoms with Crippen LogP contribution in [0.1, 0.15) is 20.3 Å². The first-order chi connectivity index (χ1) is 5.67. The molecule has 78 valence electrons. The van der Waals surface area contributed by atoms with Crippen molar-refractivity contribution in [1.82, 2.24) is 5.32 Å². The van der Waals surface area contributed by atoms with Gasteiger partial charge in [-0.05, 0) is 6.92 Å². The molecule has 0 aliphatic rings. The van der Waals surface area contributed by atoms with Crippen LogP contribution in [0, 0.1) is 0 Å². The second-order valence-corrected chi connectivity index (χ2v) is 5.05. The van der Waals surface area contributed by atoms with Gasteiger partial charge < -0.3 is 20.2 Å². The zero-order valence-corrected chi connectivity index (χ0v) is 8.41. The molecule has 0 aliphatic carbocycles. The van der Waals surface area contributed by atoms with Crippen LogP contribution in [0.2, 0.25) is 0 Å². The Kier molecular flexibility index (Phi) is 4.06. The second-order valence-electron chi connectivity index (χ2n) is 2.99. The topological polar surface area (TPSA) is 107 Å². The van der Waals surface area contributed by atoms with Gasteiger partial charge in [-0.1, -0.05) is 0 Å². The van der Waals surface area contributed by atoms with E-state index in [0.717, 1.165) is 6.92 Å². The normalized spacial score (nSPS) is 16.4. The Hall–Kier alpha value is -0.420. The molecule has 0 heterocycles. The number of amides is 1. The number of hydrogen-bond donors (Lipinski definition) is 4. The van der Waals surface area contributed by atoms with Crippen molar-refractivity contribution in [2.75, 3.05) is 6.54 Å². The van der Waals surface area contributed by atoms with E-state index in [-0.39, 0.29) is 18.9 Å². The zero-order valence-electron chi connectivity index (χ0n) is 7.52. The largest absolute Gasteiger partial charge is 0.377 e. The van der Waals surface area contributed by atoms with Crippen LogP contribution in [-0.4, -0.2) is 32.7 Å². The van der Waals surface area contributed by atoms with Gasteiger partial charge in [0.2, 0.25) is 5.91 Å². The highest BCUT2D eigenvalue weighted by molar-refractivity contribution is 7.53. The Morgan fingerprint density at radius 3 is 2.31 bits per heavy atom. The van der Waals surface area contributed by atoms with Gasteiger partial charge in [0.15, 0.2) is 5.34 Å². The molecule has 0 aromatic rings. The molecule has 4 N–H and O–H groups in total. The molecule has 0 spiro atoms. The number of carbonyl (C=O) groups is 1. The van der Waals surface area contributed by atoms with Crippen LogP contribution in [0.5, 0.6) is 0 Å². The van der Waals surface area contributed by atoms with Crippen LogP contribution >= 0.6 is 7.60 Å². The van der Waals surface area contributed by atoms with Crippen molar-refractivity contribution < 1.29 is 24.3 Å². The standard InChI is InChI=1S/C6H14NO5P/c1-5(8)7-4-3-6(2,9)13(10,11)12/h9H,3-4H2,1-2H3,(H,7,8)(H2,10,11,12). The Labute approximate surface area is 76.1 Å². The number of rotatable bonds is 4. The van der Waals surface area contributed by atoms with Crippen molar-refractivity contribution in [1.29, 1.82) is 0 Å². The van der Waals surface area contributed by atoms with Crippen molar-refractivity contribution in [3.05, 3.63) is 0 Å². The summed E-state index contributed by atoms with van der Waals surface area (Å²) in [5.41, 5.74) is 0. The SMILES string of the molecule is CC(=O)NCCC(C)(O)P(=O)(O)O. The lowest BCUT2D eigenvalue weighted by atomic mass is 10.3. The van der Waals surface area contributed by atoms with E-state index in [1.54, 1.807) is 0 Å². The second kappa shape index (κ2) is 4.19. The van der Waals surface area contributed by atoms with Gasteiger partial charge in [0.25, 0.3) is 0 Å². The maximum Gasteiger partial charge on any atom is 0.356 e. The Morgan fingerprint density at radius 1 is 1.54 bits per heavy atom. The maximum absolute atomic E-state index is 10.7. The van der Waals surface area contributed by atoms with Crippen LogP contribution in [0.25, 0.3) is 0 Å². The summed E-state index contributed by atoms with van der Waals surface area (Å²) in [5, 5.41) is 9.51. The molecular weight excluding hydrogens is 197 g/mol. The molecule has 1 unspecified atom stereocenters. The van der Waals surface area contributed by atoms with Gasteiger partial charge >= 0.3 is 7.60 Å². The molecule has 0 aromatic carbocycles. The highest BCUT2D eigenvalue weighted by atomic mass is 31.2. The molecule has 6 nitrogen and oxygen atoms in total. The molecule has 0 aromatic heterocycles. The summed E-state index contributed by atoms with van der Waals surface area (Å²) in [6, 6.07) is 0. The minimum Gasteiger partial charge on any atom is -0.377 e. The molecular formula is C6H14NO5P. The fourth-order valence-corrected chi connectivity index (χ4v) is 1.02. The Bertz CT molecular complexity index is 233. The number of carbonyl (C=O) groups excluding carboxylic acids is 1. The van der Waals surface area contributed by atoms with E-state index in [1.165, 1.54) is 6.92 Å². The van der Waals surface area contributed by atoms with Gasteiger partial charge in [0.05, 0.1) is 0 Å². The molecule has 0 saturated carbocycles. The first-order valence-electron chi connectivity index (χ1n) is 3.69. The third-order valence-electron chi connectivity index (χ3n) is 1.60. The summed E-state index contributed by atoms with van der Waals surface area (Å²) in [4.78, 5) is 27.7. The molecule has 0 rings (SSSR count). The van der Waals surface area contributed by atoms with Gasteiger partial charge in [-0.2, -0.15) is 0 Å². The van der Waals surface area contributed by atoms with Gasteiger partial charge in [-0.15, -0.1) is 0 Å².